The standard InChI is InChI=1S/C20H25N5O4/c1-3-29-19(27)17-9-11-25(23-17)16-7-4-6-15(12-16)22-20(28)21-14(2)13-24-10-5-8-18(24)26/h4,6-7,9,11-12,14H,3,5,8,10,13H2,1-2H3,(H2,21,22,28)/t14-/m1/s1. The molecule has 1 aromatic carbocycles. The fraction of sp³-hybridized carbons (Fsp3) is 0.400. The molecule has 3 rings (SSSR count). The van der Waals surface area contributed by atoms with Gasteiger partial charge in [0.05, 0.1) is 12.3 Å². The highest BCUT2D eigenvalue weighted by molar-refractivity contribution is 5.90. The Labute approximate surface area is 169 Å². The fourth-order valence-corrected chi connectivity index (χ4v) is 3.17. The topological polar surface area (TPSA) is 106 Å². The Kier molecular flexibility index (Phi) is 6.48. The summed E-state index contributed by atoms with van der Waals surface area (Å²) in [4.78, 5) is 37.5. The van der Waals surface area contributed by atoms with Crippen LogP contribution in [0.4, 0.5) is 10.5 Å². The predicted molar refractivity (Wildman–Crippen MR) is 107 cm³/mol. The molecule has 1 aliphatic heterocycles. The molecule has 2 N–H and O–H groups in total. The summed E-state index contributed by atoms with van der Waals surface area (Å²) in [5.74, 6) is -0.349. The van der Waals surface area contributed by atoms with E-state index < -0.39 is 5.97 Å². The molecule has 0 unspecified atom stereocenters. The first kappa shape index (κ1) is 20.4. The van der Waals surface area contributed by atoms with Crippen molar-refractivity contribution in [3.63, 3.8) is 0 Å². The molecule has 3 amide bonds. The van der Waals surface area contributed by atoms with Gasteiger partial charge in [-0.05, 0) is 44.5 Å². The third kappa shape index (κ3) is 5.34. The maximum Gasteiger partial charge on any atom is 0.358 e. The van der Waals surface area contributed by atoms with Crippen molar-refractivity contribution in [2.75, 3.05) is 25.0 Å². The van der Waals surface area contributed by atoms with Gasteiger partial charge >= 0.3 is 12.0 Å². The van der Waals surface area contributed by atoms with Gasteiger partial charge in [0.1, 0.15) is 0 Å². The highest BCUT2D eigenvalue weighted by Crippen LogP contribution is 2.15. The molecule has 0 saturated carbocycles. The number of rotatable bonds is 7. The third-order valence-electron chi connectivity index (χ3n) is 4.49. The quantitative estimate of drug-likeness (QED) is 0.694. The number of anilines is 1. The molecule has 1 aromatic heterocycles. The normalized spacial score (nSPS) is 14.6. The number of carbonyl (C=O) groups is 3. The Morgan fingerprint density at radius 1 is 1.31 bits per heavy atom. The molecule has 0 bridgehead atoms. The van der Waals surface area contributed by atoms with Crippen molar-refractivity contribution >= 4 is 23.6 Å². The Morgan fingerprint density at radius 2 is 2.14 bits per heavy atom. The average molecular weight is 399 g/mol. The first-order valence-corrected chi connectivity index (χ1v) is 9.64. The summed E-state index contributed by atoms with van der Waals surface area (Å²) >= 11 is 0. The lowest BCUT2D eigenvalue weighted by Crippen LogP contribution is -2.44. The number of carbonyl (C=O) groups excluding carboxylic acids is 3. The van der Waals surface area contributed by atoms with E-state index in [1.165, 1.54) is 4.68 Å². The van der Waals surface area contributed by atoms with Gasteiger partial charge < -0.3 is 20.3 Å². The van der Waals surface area contributed by atoms with Gasteiger partial charge in [-0.25, -0.2) is 14.3 Å². The molecular weight excluding hydrogens is 374 g/mol. The number of esters is 1. The number of aromatic nitrogens is 2. The highest BCUT2D eigenvalue weighted by Gasteiger charge is 2.22. The van der Waals surface area contributed by atoms with E-state index in [0.29, 0.717) is 24.3 Å². The van der Waals surface area contributed by atoms with Crippen LogP contribution in [0.3, 0.4) is 0 Å². The Morgan fingerprint density at radius 3 is 2.86 bits per heavy atom. The van der Waals surface area contributed by atoms with Crippen molar-refractivity contribution < 1.29 is 19.1 Å². The molecule has 2 aromatic rings. The van der Waals surface area contributed by atoms with E-state index in [1.54, 1.807) is 42.3 Å². The van der Waals surface area contributed by atoms with E-state index in [4.69, 9.17) is 4.74 Å². The van der Waals surface area contributed by atoms with E-state index in [1.807, 2.05) is 13.0 Å². The number of benzene rings is 1. The molecule has 1 aliphatic rings. The van der Waals surface area contributed by atoms with Crippen molar-refractivity contribution in [1.29, 1.82) is 0 Å². The van der Waals surface area contributed by atoms with Crippen LogP contribution >= 0.6 is 0 Å². The second kappa shape index (κ2) is 9.22. The van der Waals surface area contributed by atoms with Crippen LogP contribution in [-0.2, 0) is 9.53 Å². The zero-order chi connectivity index (χ0) is 20.8. The maximum absolute atomic E-state index is 12.3. The highest BCUT2D eigenvalue weighted by atomic mass is 16.5. The number of amides is 3. The number of nitrogens with zero attached hydrogens (tertiary/aromatic N) is 3. The molecule has 154 valence electrons. The van der Waals surface area contributed by atoms with Crippen LogP contribution in [0.15, 0.2) is 36.5 Å². The van der Waals surface area contributed by atoms with E-state index in [-0.39, 0.29) is 30.3 Å². The summed E-state index contributed by atoms with van der Waals surface area (Å²) in [5, 5.41) is 9.83. The lowest BCUT2D eigenvalue weighted by atomic mass is 10.2. The molecule has 0 radical (unpaired) electrons. The Balaban J connectivity index is 1.58. The monoisotopic (exact) mass is 399 g/mol. The molecule has 2 heterocycles. The second-order valence-electron chi connectivity index (χ2n) is 6.86. The van der Waals surface area contributed by atoms with Gasteiger partial charge in [0.2, 0.25) is 5.91 Å². The summed E-state index contributed by atoms with van der Waals surface area (Å²) in [6.45, 7) is 5.12. The summed E-state index contributed by atoms with van der Waals surface area (Å²) in [6, 6.07) is 8.15. The average Bonchev–Trinajstić information content (AvgIpc) is 3.32. The second-order valence-corrected chi connectivity index (χ2v) is 6.86. The van der Waals surface area contributed by atoms with Crippen molar-refractivity contribution in [2.24, 2.45) is 0 Å². The number of hydrogen-bond donors (Lipinski definition) is 2. The minimum atomic E-state index is -0.481. The summed E-state index contributed by atoms with van der Waals surface area (Å²) < 4.78 is 6.48. The molecule has 0 aliphatic carbocycles. The van der Waals surface area contributed by atoms with E-state index in [0.717, 1.165) is 13.0 Å². The number of likely N-dealkylation sites (tertiary alicyclic amines) is 1. The molecular formula is C20H25N5O4. The first-order chi connectivity index (χ1) is 14.0. The van der Waals surface area contributed by atoms with Crippen molar-refractivity contribution in [2.45, 2.75) is 32.7 Å². The largest absolute Gasteiger partial charge is 0.461 e. The van der Waals surface area contributed by atoms with E-state index >= 15 is 0 Å². The van der Waals surface area contributed by atoms with Crippen LogP contribution < -0.4 is 10.6 Å². The minimum absolute atomic E-state index is 0.133. The smallest absolute Gasteiger partial charge is 0.358 e. The molecule has 9 heteroatoms. The zero-order valence-electron chi connectivity index (χ0n) is 16.6. The van der Waals surface area contributed by atoms with Gasteiger partial charge in [-0.1, -0.05) is 6.07 Å². The van der Waals surface area contributed by atoms with E-state index in [9.17, 15) is 14.4 Å². The molecule has 29 heavy (non-hydrogen) atoms. The summed E-state index contributed by atoms with van der Waals surface area (Å²) in [5.41, 5.74) is 1.49. The molecule has 1 fully saturated rings. The molecule has 1 atom stereocenters. The van der Waals surface area contributed by atoms with Gasteiger partial charge in [0, 0.05) is 37.4 Å². The van der Waals surface area contributed by atoms with Crippen molar-refractivity contribution in [3.8, 4) is 5.69 Å². The zero-order valence-corrected chi connectivity index (χ0v) is 16.6. The molecule has 1 saturated heterocycles. The number of ether oxygens (including phenoxy) is 1. The lowest BCUT2D eigenvalue weighted by molar-refractivity contribution is -0.127. The van der Waals surface area contributed by atoms with Crippen LogP contribution in [0.25, 0.3) is 5.69 Å². The van der Waals surface area contributed by atoms with Crippen LogP contribution in [0, 0.1) is 0 Å². The summed E-state index contributed by atoms with van der Waals surface area (Å²) in [6.07, 6.45) is 3.10. The third-order valence-corrected chi connectivity index (χ3v) is 4.49. The molecule has 9 nitrogen and oxygen atoms in total. The number of nitrogens with one attached hydrogen (secondary N) is 2. The van der Waals surface area contributed by atoms with Crippen LogP contribution in [0.1, 0.15) is 37.2 Å². The van der Waals surface area contributed by atoms with Gasteiger partial charge in [-0.2, -0.15) is 5.10 Å². The van der Waals surface area contributed by atoms with Crippen LogP contribution in [0.2, 0.25) is 0 Å². The van der Waals surface area contributed by atoms with Crippen LogP contribution in [-0.4, -0.2) is 58.3 Å². The number of urea groups is 1. The Hall–Kier alpha value is -3.36. The Bertz CT molecular complexity index is 895. The predicted octanol–water partition coefficient (Wildman–Crippen LogP) is 2.18. The lowest BCUT2D eigenvalue weighted by Gasteiger charge is -2.21. The fourth-order valence-electron chi connectivity index (χ4n) is 3.17. The van der Waals surface area contributed by atoms with Gasteiger partial charge in [-0.3, -0.25) is 4.79 Å². The van der Waals surface area contributed by atoms with Gasteiger partial charge in [-0.15, -0.1) is 0 Å². The van der Waals surface area contributed by atoms with Crippen LogP contribution in [0.5, 0.6) is 0 Å². The minimum Gasteiger partial charge on any atom is -0.461 e. The maximum atomic E-state index is 12.3. The first-order valence-electron chi connectivity index (χ1n) is 9.64. The number of hydrogen-bond acceptors (Lipinski definition) is 5. The van der Waals surface area contributed by atoms with Gasteiger partial charge in [0.15, 0.2) is 5.69 Å². The SMILES string of the molecule is CCOC(=O)c1ccn(-c2cccc(NC(=O)N[C@H](C)CN3CCCC3=O)c2)n1. The van der Waals surface area contributed by atoms with Gasteiger partial charge in [0.25, 0.3) is 0 Å². The molecule has 0 spiro atoms. The van der Waals surface area contributed by atoms with Crippen molar-refractivity contribution in [3.05, 3.63) is 42.2 Å². The van der Waals surface area contributed by atoms with E-state index in [2.05, 4.69) is 15.7 Å². The van der Waals surface area contributed by atoms with Crippen molar-refractivity contribution in [1.82, 2.24) is 20.0 Å². The summed E-state index contributed by atoms with van der Waals surface area (Å²) in [7, 11) is 0.